The van der Waals surface area contributed by atoms with E-state index in [0.717, 1.165) is 14.9 Å². The van der Waals surface area contributed by atoms with Gasteiger partial charge in [0.15, 0.2) is 0 Å². The number of methoxy groups -OCH3 is 1. The van der Waals surface area contributed by atoms with Crippen molar-refractivity contribution in [2.75, 3.05) is 23.5 Å². The maximum atomic E-state index is 13.4. The minimum Gasteiger partial charge on any atom is -0.496 e. The zero-order valence-corrected chi connectivity index (χ0v) is 26.5. The lowest BCUT2D eigenvalue weighted by Gasteiger charge is -2.11. The molecule has 10 heteroatoms. The number of furan rings is 1. The molecule has 5 aromatic rings. The first-order valence-corrected chi connectivity index (χ1v) is 15.6. The molecule has 0 aliphatic heterocycles. The van der Waals surface area contributed by atoms with Gasteiger partial charge >= 0.3 is 0 Å². The van der Waals surface area contributed by atoms with Crippen LogP contribution in [0.4, 0.5) is 11.4 Å². The number of carbonyl (C=O) groups excluding carboxylic acids is 3. The Morgan fingerprint density at radius 1 is 0.822 bits per heavy atom. The number of benzene rings is 4. The first-order chi connectivity index (χ1) is 21.9. The molecule has 0 unspecified atom stereocenters. The van der Waals surface area contributed by atoms with Crippen molar-refractivity contribution in [2.24, 2.45) is 0 Å². The van der Waals surface area contributed by atoms with Crippen molar-refractivity contribution in [1.29, 1.82) is 0 Å². The van der Waals surface area contributed by atoms with Crippen molar-refractivity contribution in [2.45, 2.75) is 4.90 Å². The number of nitrogens with one attached hydrogen (secondary N) is 3. The Morgan fingerprint density at radius 3 is 2.29 bits per heavy atom. The molecular formula is C35H28BrN3O5S. The third kappa shape index (κ3) is 8.53. The Hall–Kier alpha value is -5.06. The first kappa shape index (κ1) is 31.4. The monoisotopic (exact) mass is 681 g/mol. The van der Waals surface area contributed by atoms with Crippen LogP contribution in [0.2, 0.25) is 0 Å². The maximum absolute atomic E-state index is 13.4. The van der Waals surface area contributed by atoms with Crippen LogP contribution in [-0.2, 0) is 9.59 Å². The molecule has 0 aliphatic carbocycles. The Balaban J connectivity index is 1.29. The van der Waals surface area contributed by atoms with E-state index in [1.165, 1.54) is 17.8 Å². The number of ether oxygens (including phenoxy) is 1. The van der Waals surface area contributed by atoms with Crippen LogP contribution in [0, 0.1) is 0 Å². The van der Waals surface area contributed by atoms with Crippen molar-refractivity contribution in [3.8, 4) is 17.1 Å². The van der Waals surface area contributed by atoms with Crippen LogP contribution in [0.3, 0.4) is 0 Å². The van der Waals surface area contributed by atoms with Gasteiger partial charge < -0.3 is 25.1 Å². The quantitative estimate of drug-likeness (QED) is 0.0967. The Morgan fingerprint density at radius 2 is 1.53 bits per heavy atom. The van der Waals surface area contributed by atoms with E-state index >= 15 is 0 Å². The van der Waals surface area contributed by atoms with Crippen molar-refractivity contribution in [1.82, 2.24) is 5.32 Å². The summed E-state index contributed by atoms with van der Waals surface area (Å²) in [5.41, 5.74) is 2.36. The molecule has 0 spiro atoms. The number of carbonyl (C=O) groups is 3. The largest absolute Gasteiger partial charge is 0.496 e. The highest BCUT2D eigenvalue weighted by Crippen LogP contribution is 2.31. The van der Waals surface area contributed by atoms with Gasteiger partial charge in [-0.15, -0.1) is 11.8 Å². The lowest BCUT2D eigenvalue weighted by Crippen LogP contribution is -2.30. The molecule has 5 rings (SSSR count). The van der Waals surface area contributed by atoms with Gasteiger partial charge in [0.1, 0.15) is 23.0 Å². The van der Waals surface area contributed by atoms with Gasteiger partial charge in [-0.3, -0.25) is 14.4 Å². The SMILES string of the molecule is COc1ccccc1-c1ccc(C=C(NC(=O)c2ccccc2)C(=O)Nc2ccc(SCC(=O)Nc3ccccc3Br)cc2)o1. The topological polar surface area (TPSA) is 110 Å². The number of halogens is 1. The van der Waals surface area contributed by atoms with E-state index in [1.807, 2.05) is 60.7 Å². The van der Waals surface area contributed by atoms with E-state index in [9.17, 15) is 14.4 Å². The van der Waals surface area contributed by atoms with E-state index in [4.69, 9.17) is 9.15 Å². The lowest BCUT2D eigenvalue weighted by atomic mass is 10.1. The lowest BCUT2D eigenvalue weighted by molar-refractivity contribution is -0.114. The molecule has 8 nitrogen and oxygen atoms in total. The fourth-order valence-corrected chi connectivity index (χ4v) is 5.32. The van der Waals surface area contributed by atoms with Gasteiger partial charge in [-0.25, -0.2) is 0 Å². The Labute approximate surface area is 273 Å². The number of amides is 3. The summed E-state index contributed by atoms with van der Waals surface area (Å²) in [5, 5.41) is 8.42. The van der Waals surface area contributed by atoms with Crippen LogP contribution in [0.15, 0.2) is 135 Å². The molecule has 4 aromatic carbocycles. The average molecular weight is 683 g/mol. The summed E-state index contributed by atoms with van der Waals surface area (Å²) in [6, 6.07) is 34.0. The molecule has 0 saturated carbocycles. The molecule has 0 atom stereocenters. The predicted octanol–water partition coefficient (Wildman–Crippen LogP) is 7.86. The van der Waals surface area contributed by atoms with Crippen molar-refractivity contribution in [3.63, 3.8) is 0 Å². The summed E-state index contributed by atoms with van der Waals surface area (Å²) in [6.45, 7) is 0. The highest BCUT2D eigenvalue weighted by molar-refractivity contribution is 9.10. The molecule has 0 aliphatic rings. The number of para-hydroxylation sites is 2. The summed E-state index contributed by atoms with van der Waals surface area (Å²) in [5.74, 6) is 0.645. The van der Waals surface area contributed by atoms with Crippen LogP contribution in [0.25, 0.3) is 17.4 Å². The normalized spacial score (nSPS) is 11.0. The highest BCUT2D eigenvalue weighted by Gasteiger charge is 2.17. The zero-order chi connectivity index (χ0) is 31.6. The summed E-state index contributed by atoms with van der Waals surface area (Å²) in [7, 11) is 1.58. The standard InChI is InChI=1S/C35H28BrN3O5S/c1-43-31-14-8-5-11-27(31)32-20-17-25(44-32)21-30(39-34(41)23-9-3-2-4-10-23)35(42)37-24-15-18-26(19-16-24)45-22-33(40)38-29-13-7-6-12-28(29)36/h2-21H,22H2,1H3,(H,37,42)(H,38,40)(H,39,41). The summed E-state index contributed by atoms with van der Waals surface area (Å²) in [4.78, 5) is 39.7. The second kappa shape index (κ2) is 15.1. The van der Waals surface area contributed by atoms with Crippen LogP contribution >= 0.6 is 27.7 Å². The molecule has 0 saturated heterocycles. The predicted molar refractivity (Wildman–Crippen MR) is 181 cm³/mol. The zero-order valence-electron chi connectivity index (χ0n) is 24.1. The molecule has 1 aromatic heterocycles. The van der Waals surface area contributed by atoms with E-state index in [2.05, 4.69) is 31.9 Å². The van der Waals surface area contributed by atoms with Crippen LogP contribution in [0.1, 0.15) is 16.1 Å². The molecule has 3 amide bonds. The van der Waals surface area contributed by atoms with Crippen molar-refractivity contribution >= 4 is 62.9 Å². The average Bonchev–Trinajstić information content (AvgIpc) is 3.54. The van der Waals surface area contributed by atoms with Crippen LogP contribution in [-0.4, -0.2) is 30.6 Å². The second-order valence-corrected chi connectivity index (χ2v) is 11.5. The minimum absolute atomic E-state index is 0.00743. The van der Waals surface area contributed by atoms with Crippen molar-refractivity contribution in [3.05, 3.63) is 137 Å². The number of anilines is 2. The molecule has 0 bridgehead atoms. The first-order valence-electron chi connectivity index (χ1n) is 13.8. The fourth-order valence-electron chi connectivity index (χ4n) is 4.24. The molecule has 1 heterocycles. The number of rotatable bonds is 11. The van der Waals surface area contributed by atoms with Crippen LogP contribution < -0.4 is 20.7 Å². The van der Waals surface area contributed by atoms with E-state index < -0.39 is 11.8 Å². The van der Waals surface area contributed by atoms with Gasteiger partial charge in [0, 0.05) is 26.7 Å². The van der Waals surface area contributed by atoms with Gasteiger partial charge in [0.25, 0.3) is 11.8 Å². The van der Waals surface area contributed by atoms with Gasteiger partial charge in [-0.2, -0.15) is 0 Å². The summed E-state index contributed by atoms with van der Waals surface area (Å²) >= 11 is 4.79. The van der Waals surface area contributed by atoms with Gasteiger partial charge in [-0.1, -0.05) is 42.5 Å². The summed E-state index contributed by atoms with van der Waals surface area (Å²) in [6.07, 6.45) is 1.48. The number of hydrogen-bond donors (Lipinski definition) is 3. The smallest absolute Gasteiger partial charge is 0.272 e. The number of hydrogen-bond acceptors (Lipinski definition) is 6. The van der Waals surface area contributed by atoms with E-state index in [-0.39, 0.29) is 17.4 Å². The summed E-state index contributed by atoms with van der Waals surface area (Å²) < 4.78 is 12.3. The van der Waals surface area contributed by atoms with E-state index in [1.54, 1.807) is 61.7 Å². The van der Waals surface area contributed by atoms with E-state index in [0.29, 0.717) is 34.2 Å². The molecule has 0 radical (unpaired) electrons. The second-order valence-electron chi connectivity index (χ2n) is 9.58. The highest BCUT2D eigenvalue weighted by atomic mass is 79.9. The Kier molecular flexibility index (Phi) is 10.5. The third-order valence-electron chi connectivity index (χ3n) is 6.44. The minimum atomic E-state index is -0.539. The van der Waals surface area contributed by atoms with Crippen molar-refractivity contribution < 1.29 is 23.5 Å². The van der Waals surface area contributed by atoms with Crippen LogP contribution in [0.5, 0.6) is 5.75 Å². The fraction of sp³-hybridized carbons (Fsp3) is 0.0571. The molecule has 0 fully saturated rings. The molecular weight excluding hydrogens is 654 g/mol. The van der Waals surface area contributed by atoms with Gasteiger partial charge in [0.05, 0.1) is 24.1 Å². The third-order valence-corrected chi connectivity index (χ3v) is 8.15. The molecule has 45 heavy (non-hydrogen) atoms. The maximum Gasteiger partial charge on any atom is 0.272 e. The van der Waals surface area contributed by atoms with Gasteiger partial charge in [0.2, 0.25) is 5.91 Å². The molecule has 226 valence electrons. The number of thioether (sulfide) groups is 1. The Bertz CT molecular complexity index is 1840. The molecule has 3 N–H and O–H groups in total. The van der Waals surface area contributed by atoms with Gasteiger partial charge in [-0.05, 0) is 88.7 Å².